The topological polar surface area (TPSA) is 87.7 Å². The van der Waals surface area contributed by atoms with Gasteiger partial charge >= 0.3 is 5.97 Å². The van der Waals surface area contributed by atoms with E-state index in [4.69, 9.17) is 16.3 Å². The van der Waals surface area contributed by atoms with E-state index in [-0.39, 0.29) is 24.4 Å². The smallest absolute Gasteiger partial charge is 0.328 e. The van der Waals surface area contributed by atoms with Crippen molar-refractivity contribution in [2.75, 3.05) is 28.7 Å². The van der Waals surface area contributed by atoms with E-state index in [0.717, 1.165) is 22.5 Å². The van der Waals surface area contributed by atoms with Gasteiger partial charge < -0.3 is 20.3 Å². The second-order valence-corrected chi connectivity index (χ2v) is 8.17. The molecule has 4 rings (SSSR count). The van der Waals surface area contributed by atoms with E-state index in [2.05, 4.69) is 10.6 Å². The Bertz CT molecular complexity index is 1110. The molecule has 2 aromatic rings. The van der Waals surface area contributed by atoms with Gasteiger partial charge in [-0.05, 0) is 55.3 Å². The number of nitrogens with one attached hydrogen (secondary N) is 2. The van der Waals surface area contributed by atoms with Crippen molar-refractivity contribution in [2.24, 2.45) is 0 Å². The highest BCUT2D eigenvalue weighted by Gasteiger charge is 2.35. The number of hydrogen-bond donors (Lipinski definition) is 2. The van der Waals surface area contributed by atoms with Crippen LogP contribution in [0.5, 0.6) is 0 Å². The number of halogens is 1. The van der Waals surface area contributed by atoms with E-state index in [1.165, 1.54) is 6.92 Å². The number of amides is 2. The zero-order chi connectivity index (χ0) is 22.8. The highest BCUT2D eigenvalue weighted by molar-refractivity contribution is 6.31. The minimum atomic E-state index is -0.581. The normalized spacial score (nSPS) is 19.9. The molecule has 2 amide bonds. The molecule has 7 nitrogen and oxygen atoms in total. The van der Waals surface area contributed by atoms with Gasteiger partial charge in [0.25, 0.3) is 5.91 Å². The highest BCUT2D eigenvalue weighted by atomic mass is 35.5. The molecule has 1 atom stereocenters. The van der Waals surface area contributed by atoms with Crippen LogP contribution in [0.15, 0.2) is 48.0 Å². The van der Waals surface area contributed by atoms with Crippen LogP contribution in [0.25, 0.3) is 5.57 Å². The van der Waals surface area contributed by atoms with Gasteiger partial charge in [-0.2, -0.15) is 0 Å². The summed E-state index contributed by atoms with van der Waals surface area (Å²) in [6.07, 6.45) is 0.934. The minimum Gasteiger partial charge on any atom is -0.464 e. The fourth-order valence-electron chi connectivity index (χ4n) is 4.17. The summed E-state index contributed by atoms with van der Waals surface area (Å²) >= 11 is 6.17. The first-order valence-electron chi connectivity index (χ1n) is 10.5. The van der Waals surface area contributed by atoms with Gasteiger partial charge in [-0.3, -0.25) is 9.59 Å². The molecule has 0 aliphatic carbocycles. The lowest BCUT2D eigenvalue weighted by Crippen LogP contribution is -2.35. The number of carbonyl (C=O) groups excluding carboxylic acids is 3. The third-order valence-corrected chi connectivity index (χ3v) is 5.80. The number of anilines is 3. The van der Waals surface area contributed by atoms with E-state index in [0.29, 0.717) is 35.7 Å². The fourth-order valence-corrected chi connectivity index (χ4v) is 4.34. The molecule has 2 aliphatic heterocycles. The molecule has 2 N–H and O–H groups in total. The Labute approximate surface area is 191 Å². The highest BCUT2D eigenvalue weighted by Crippen LogP contribution is 2.40. The van der Waals surface area contributed by atoms with E-state index in [9.17, 15) is 14.4 Å². The molecule has 1 saturated heterocycles. The number of nitrogens with zero attached hydrogens (tertiary/aromatic N) is 1. The quantitative estimate of drug-likeness (QED) is 0.534. The number of benzene rings is 2. The summed E-state index contributed by atoms with van der Waals surface area (Å²) in [5.74, 6) is -0.590. The average molecular weight is 454 g/mol. The summed E-state index contributed by atoms with van der Waals surface area (Å²) in [5.41, 5.74) is 4.56. The molecule has 0 bridgehead atoms. The molecule has 32 heavy (non-hydrogen) atoms. The monoisotopic (exact) mass is 453 g/mol. The summed E-state index contributed by atoms with van der Waals surface area (Å²) in [7, 11) is 0. The maximum atomic E-state index is 13.4. The molecule has 0 saturated carbocycles. The van der Waals surface area contributed by atoms with Gasteiger partial charge in [0.15, 0.2) is 0 Å². The first kappa shape index (κ1) is 21.9. The minimum absolute atomic E-state index is 0.0855. The number of carbonyl (C=O) groups is 3. The van der Waals surface area contributed by atoms with Gasteiger partial charge in [0, 0.05) is 53.1 Å². The second-order valence-electron chi connectivity index (χ2n) is 7.73. The zero-order valence-electron chi connectivity index (χ0n) is 17.9. The fraction of sp³-hybridized carbons (Fsp3) is 0.292. The second kappa shape index (κ2) is 9.04. The molecule has 166 valence electrons. The number of ether oxygens (including phenoxy) is 1. The van der Waals surface area contributed by atoms with Crippen molar-refractivity contribution in [3.8, 4) is 0 Å². The Hall–Kier alpha value is -3.32. The van der Waals surface area contributed by atoms with Crippen molar-refractivity contribution in [1.82, 2.24) is 0 Å². The van der Waals surface area contributed by atoms with Crippen molar-refractivity contribution in [2.45, 2.75) is 32.7 Å². The Kier molecular flexibility index (Phi) is 6.19. The molecular weight excluding hydrogens is 430 g/mol. The predicted octanol–water partition coefficient (Wildman–Crippen LogP) is 4.24. The van der Waals surface area contributed by atoms with Gasteiger partial charge in [-0.15, -0.1) is 0 Å². The van der Waals surface area contributed by atoms with Crippen LogP contribution in [0.4, 0.5) is 17.1 Å². The van der Waals surface area contributed by atoms with Crippen molar-refractivity contribution >= 4 is 52.0 Å². The molecular formula is C24H24ClN3O4. The van der Waals surface area contributed by atoms with Crippen LogP contribution in [-0.4, -0.2) is 37.0 Å². The van der Waals surface area contributed by atoms with Crippen molar-refractivity contribution in [3.63, 3.8) is 0 Å². The maximum absolute atomic E-state index is 13.4. The molecule has 0 radical (unpaired) electrons. The first-order chi connectivity index (χ1) is 15.4. The summed E-state index contributed by atoms with van der Waals surface area (Å²) < 4.78 is 5.21. The van der Waals surface area contributed by atoms with Gasteiger partial charge in [0.05, 0.1) is 6.61 Å². The Balaban J connectivity index is 1.67. The Morgan fingerprint density at radius 2 is 1.94 bits per heavy atom. The zero-order valence-corrected chi connectivity index (χ0v) is 18.7. The molecule has 0 aromatic heterocycles. The van der Waals surface area contributed by atoms with Crippen LogP contribution in [0.1, 0.15) is 32.3 Å². The van der Waals surface area contributed by atoms with Gasteiger partial charge in [0.2, 0.25) is 5.91 Å². The largest absolute Gasteiger partial charge is 0.464 e. The summed E-state index contributed by atoms with van der Waals surface area (Å²) in [6, 6.07) is 12.0. The SMILES string of the molecule is CCOC(=O)C1C/C(=C2/CCN(c3ccc(NC(C)=O)cc3)C2=O)c2ccc(Cl)cc2N1. The molecule has 8 heteroatoms. The summed E-state index contributed by atoms with van der Waals surface area (Å²) in [4.78, 5) is 38.8. The average Bonchev–Trinajstić information content (AvgIpc) is 3.14. The maximum Gasteiger partial charge on any atom is 0.328 e. The molecule has 0 spiro atoms. The lowest BCUT2D eigenvalue weighted by atomic mass is 9.88. The molecule has 2 heterocycles. The van der Waals surface area contributed by atoms with Gasteiger partial charge in [-0.1, -0.05) is 17.7 Å². The van der Waals surface area contributed by atoms with E-state index >= 15 is 0 Å². The number of fused-ring (bicyclic) bond motifs is 1. The van der Waals surface area contributed by atoms with Gasteiger partial charge in [-0.25, -0.2) is 4.79 Å². The van der Waals surface area contributed by atoms with Crippen LogP contribution < -0.4 is 15.5 Å². The Morgan fingerprint density at radius 1 is 1.19 bits per heavy atom. The van der Waals surface area contributed by atoms with Gasteiger partial charge in [0.1, 0.15) is 6.04 Å². The van der Waals surface area contributed by atoms with Crippen LogP contribution >= 0.6 is 11.6 Å². The van der Waals surface area contributed by atoms with Crippen molar-refractivity contribution in [3.05, 3.63) is 58.6 Å². The first-order valence-corrected chi connectivity index (χ1v) is 10.9. The van der Waals surface area contributed by atoms with Crippen molar-refractivity contribution < 1.29 is 19.1 Å². The molecule has 2 aromatic carbocycles. The standard InChI is InChI=1S/C24H24ClN3O4/c1-3-32-24(31)22-13-20(18-9-4-15(25)12-21(18)27-22)19-10-11-28(23(19)30)17-7-5-16(6-8-17)26-14(2)29/h4-9,12,22,27H,3,10-11,13H2,1-2H3,(H,26,29)/b20-19+. The summed E-state index contributed by atoms with van der Waals surface area (Å²) in [5, 5.41) is 6.47. The van der Waals surface area contributed by atoms with Crippen LogP contribution in [0.2, 0.25) is 5.02 Å². The van der Waals surface area contributed by atoms with E-state index < -0.39 is 6.04 Å². The number of esters is 1. The third kappa shape index (κ3) is 4.34. The third-order valence-electron chi connectivity index (χ3n) is 5.57. The molecule has 1 fully saturated rings. The predicted molar refractivity (Wildman–Crippen MR) is 125 cm³/mol. The van der Waals surface area contributed by atoms with Crippen LogP contribution in [0, 0.1) is 0 Å². The van der Waals surface area contributed by atoms with Crippen molar-refractivity contribution in [1.29, 1.82) is 0 Å². The lowest BCUT2D eigenvalue weighted by Gasteiger charge is -2.29. The lowest BCUT2D eigenvalue weighted by molar-refractivity contribution is -0.144. The number of hydrogen-bond acceptors (Lipinski definition) is 5. The van der Waals surface area contributed by atoms with Crippen LogP contribution in [0.3, 0.4) is 0 Å². The molecule has 2 aliphatic rings. The number of rotatable bonds is 4. The Morgan fingerprint density at radius 3 is 2.62 bits per heavy atom. The van der Waals surface area contributed by atoms with Crippen LogP contribution in [-0.2, 0) is 19.1 Å². The van der Waals surface area contributed by atoms with E-state index in [1.807, 2.05) is 18.2 Å². The van der Waals surface area contributed by atoms with E-state index in [1.54, 1.807) is 36.1 Å². The molecule has 1 unspecified atom stereocenters. The summed E-state index contributed by atoms with van der Waals surface area (Å²) in [6.45, 7) is 4.04.